The first kappa shape index (κ1) is 16.0. The molecule has 3 rings (SSSR count). The molecule has 0 fully saturated rings. The van der Waals surface area contributed by atoms with Crippen molar-refractivity contribution in [2.24, 2.45) is 0 Å². The van der Waals surface area contributed by atoms with Crippen LogP contribution in [0.15, 0.2) is 77.2 Å². The highest BCUT2D eigenvalue weighted by atomic mass is 32.2. The summed E-state index contributed by atoms with van der Waals surface area (Å²) in [6.07, 6.45) is 6.04. The van der Waals surface area contributed by atoms with Crippen LogP contribution in [0.5, 0.6) is 0 Å². The van der Waals surface area contributed by atoms with Gasteiger partial charge in [-0.05, 0) is 49.3 Å². The van der Waals surface area contributed by atoms with Gasteiger partial charge >= 0.3 is 0 Å². The molecule has 0 bridgehead atoms. The lowest BCUT2D eigenvalue weighted by molar-refractivity contribution is 0.580. The predicted molar refractivity (Wildman–Crippen MR) is 94.2 cm³/mol. The Morgan fingerprint density at radius 2 is 1.57 bits per heavy atom. The largest absolute Gasteiger partial charge is 0.224 e. The summed E-state index contributed by atoms with van der Waals surface area (Å²) in [6.45, 7) is 0. The van der Waals surface area contributed by atoms with Crippen LogP contribution in [-0.2, 0) is 9.84 Å². The fourth-order valence-electron chi connectivity index (χ4n) is 3.15. The van der Waals surface area contributed by atoms with Gasteiger partial charge in [0.15, 0.2) is 9.84 Å². The minimum Gasteiger partial charge on any atom is -0.224 e. The van der Waals surface area contributed by atoms with Crippen LogP contribution in [0.3, 0.4) is 0 Å². The number of sulfone groups is 1. The summed E-state index contributed by atoms with van der Waals surface area (Å²) in [6, 6.07) is 19.3. The van der Waals surface area contributed by atoms with Crippen LogP contribution in [0.4, 0.5) is 0 Å². The molecule has 0 N–H and O–H groups in total. The average molecular weight is 326 g/mol. The zero-order valence-electron chi connectivity index (χ0n) is 13.2. The molecule has 0 aliphatic heterocycles. The second-order valence-corrected chi connectivity index (χ2v) is 8.24. The topological polar surface area (TPSA) is 34.1 Å². The Morgan fingerprint density at radius 3 is 2.17 bits per heavy atom. The minimum atomic E-state index is -3.17. The summed E-state index contributed by atoms with van der Waals surface area (Å²) in [7, 11) is -3.17. The van der Waals surface area contributed by atoms with Crippen molar-refractivity contribution in [3.63, 3.8) is 0 Å². The zero-order chi connectivity index (χ0) is 16.1. The highest BCUT2D eigenvalue weighted by Gasteiger charge is 2.19. The van der Waals surface area contributed by atoms with E-state index in [0.29, 0.717) is 17.2 Å². The number of rotatable bonds is 5. The third-order valence-corrected chi connectivity index (χ3v) is 6.30. The molecule has 0 radical (unpaired) electrons. The van der Waals surface area contributed by atoms with E-state index in [1.807, 2.05) is 12.1 Å². The van der Waals surface area contributed by atoms with Crippen LogP contribution in [0.2, 0.25) is 0 Å². The van der Waals surface area contributed by atoms with Gasteiger partial charge in [0.25, 0.3) is 0 Å². The Balaban J connectivity index is 1.59. The van der Waals surface area contributed by atoms with E-state index in [-0.39, 0.29) is 5.75 Å². The maximum atomic E-state index is 12.3. The Bertz CT molecular complexity index is 762. The van der Waals surface area contributed by atoms with Gasteiger partial charge in [0, 0.05) is 0 Å². The molecule has 3 heteroatoms. The lowest BCUT2D eigenvalue weighted by Gasteiger charge is -2.22. The van der Waals surface area contributed by atoms with E-state index >= 15 is 0 Å². The molecule has 0 amide bonds. The van der Waals surface area contributed by atoms with Crippen molar-refractivity contribution in [1.29, 1.82) is 0 Å². The second-order valence-electron chi connectivity index (χ2n) is 6.13. The smallest absolute Gasteiger partial charge is 0.178 e. The molecule has 1 atom stereocenters. The van der Waals surface area contributed by atoms with E-state index < -0.39 is 9.84 Å². The van der Waals surface area contributed by atoms with Crippen LogP contribution in [0.25, 0.3) is 0 Å². The van der Waals surface area contributed by atoms with E-state index in [1.54, 1.807) is 24.3 Å². The zero-order valence-corrected chi connectivity index (χ0v) is 14.0. The SMILES string of the molecule is O=S(=O)(CCC1=CCC(c2ccccc2)CC1)c1ccccc1. The third-order valence-electron chi connectivity index (χ3n) is 4.57. The maximum Gasteiger partial charge on any atom is 0.178 e. The van der Waals surface area contributed by atoms with E-state index in [2.05, 4.69) is 30.3 Å². The molecule has 1 unspecified atom stereocenters. The molecule has 2 nitrogen and oxygen atoms in total. The lowest BCUT2D eigenvalue weighted by Crippen LogP contribution is -2.10. The highest BCUT2D eigenvalue weighted by Crippen LogP contribution is 2.33. The fraction of sp³-hybridized carbons (Fsp3) is 0.300. The first-order valence-corrected chi connectivity index (χ1v) is 9.81. The maximum absolute atomic E-state index is 12.3. The van der Waals surface area contributed by atoms with Crippen LogP contribution >= 0.6 is 0 Å². The Morgan fingerprint density at radius 1 is 0.913 bits per heavy atom. The molecule has 1 aliphatic carbocycles. The van der Waals surface area contributed by atoms with Crippen molar-refractivity contribution < 1.29 is 8.42 Å². The molecule has 2 aromatic rings. The molecule has 0 saturated carbocycles. The molecular weight excluding hydrogens is 304 g/mol. The number of benzene rings is 2. The van der Waals surface area contributed by atoms with Crippen molar-refractivity contribution in [2.45, 2.75) is 36.5 Å². The molecule has 23 heavy (non-hydrogen) atoms. The molecule has 0 saturated heterocycles. The molecular formula is C20H22O2S. The van der Waals surface area contributed by atoms with Gasteiger partial charge in [-0.3, -0.25) is 0 Å². The van der Waals surface area contributed by atoms with Crippen molar-refractivity contribution in [3.05, 3.63) is 77.9 Å². The summed E-state index contributed by atoms with van der Waals surface area (Å²) in [4.78, 5) is 0.429. The summed E-state index contributed by atoms with van der Waals surface area (Å²) < 4.78 is 24.7. The van der Waals surface area contributed by atoms with Gasteiger partial charge in [-0.1, -0.05) is 60.2 Å². The van der Waals surface area contributed by atoms with Crippen LogP contribution < -0.4 is 0 Å². The quantitative estimate of drug-likeness (QED) is 0.743. The molecule has 120 valence electrons. The molecule has 0 heterocycles. The summed E-state index contributed by atoms with van der Waals surface area (Å²) in [5.74, 6) is 0.782. The first-order chi connectivity index (χ1) is 11.1. The summed E-state index contributed by atoms with van der Waals surface area (Å²) in [5, 5.41) is 0. The lowest BCUT2D eigenvalue weighted by atomic mass is 9.84. The van der Waals surface area contributed by atoms with Crippen LogP contribution in [0.1, 0.15) is 37.2 Å². The first-order valence-electron chi connectivity index (χ1n) is 8.16. The van der Waals surface area contributed by atoms with Crippen molar-refractivity contribution in [2.75, 3.05) is 5.75 Å². The standard InChI is InChI=1S/C20H22O2S/c21-23(22,20-9-5-2-6-10-20)16-15-17-11-13-19(14-12-17)18-7-3-1-4-8-18/h1-11,19H,12-16H2. The number of hydrogen-bond donors (Lipinski definition) is 0. The monoisotopic (exact) mass is 326 g/mol. The van der Waals surface area contributed by atoms with Gasteiger partial charge in [0.2, 0.25) is 0 Å². The van der Waals surface area contributed by atoms with E-state index in [0.717, 1.165) is 19.3 Å². The van der Waals surface area contributed by atoms with Gasteiger partial charge < -0.3 is 0 Å². The number of hydrogen-bond acceptors (Lipinski definition) is 2. The van der Waals surface area contributed by atoms with Gasteiger partial charge in [-0.2, -0.15) is 0 Å². The van der Waals surface area contributed by atoms with E-state index in [9.17, 15) is 8.42 Å². The fourth-order valence-corrected chi connectivity index (χ4v) is 4.49. The van der Waals surface area contributed by atoms with Crippen molar-refractivity contribution in [1.82, 2.24) is 0 Å². The van der Waals surface area contributed by atoms with Crippen molar-refractivity contribution in [3.8, 4) is 0 Å². The Hall–Kier alpha value is -1.87. The Kier molecular flexibility index (Phi) is 4.97. The normalized spacial score (nSPS) is 18.4. The van der Waals surface area contributed by atoms with Crippen molar-refractivity contribution >= 4 is 9.84 Å². The molecule has 0 aromatic heterocycles. The van der Waals surface area contributed by atoms with Gasteiger partial charge in [-0.25, -0.2) is 8.42 Å². The minimum absolute atomic E-state index is 0.207. The average Bonchev–Trinajstić information content (AvgIpc) is 2.62. The summed E-state index contributed by atoms with van der Waals surface area (Å²) in [5.41, 5.74) is 2.68. The highest BCUT2D eigenvalue weighted by molar-refractivity contribution is 7.91. The summed E-state index contributed by atoms with van der Waals surface area (Å²) >= 11 is 0. The Labute approximate surface area is 138 Å². The number of allylic oxidation sites excluding steroid dienone is 2. The third kappa shape index (κ3) is 4.11. The van der Waals surface area contributed by atoms with E-state index in [4.69, 9.17) is 0 Å². The van der Waals surface area contributed by atoms with E-state index in [1.165, 1.54) is 11.1 Å². The second kappa shape index (κ2) is 7.14. The molecule has 1 aliphatic rings. The van der Waals surface area contributed by atoms with Crippen LogP contribution in [-0.4, -0.2) is 14.2 Å². The van der Waals surface area contributed by atoms with Crippen LogP contribution in [0, 0.1) is 0 Å². The molecule has 0 spiro atoms. The van der Waals surface area contributed by atoms with Gasteiger partial charge in [0.1, 0.15) is 0 Å². The van der Waals surface area contributed by atoms with Gasteiger partial charge in [-0.15, -0.1) is 0 Å². The van der Waals surface area contributed by atoms with Gasteiger partial charge in [0.05, 0.1) is 10.6 Å². The predicted octanol–water partition coefficient (Wildman–Crippen LogP) is 4.74. The molecule has 2 aromatic carbocycles.